The first-order chi connectivity index (χ1) is 16.3. The Morgan fingerprint density at radius 1 is 1.00 bits per heavy atom. The van der Waals surface area contributed by atoms with Gasteiger partial charge in [-0.15, -0.1) is 0 Å². The van der Waals surface area contributed by atoms with Gasteiger partial charge in [0, 0.05) is 19.0 Å². The van der Waals surface area contributed by atoms with Crippen LogP contribution in [0, 0.1) is 11.8 Å². The summed E-state index contributed by atoms with van der Waals surface area (Å²) in [6.07, 6.45) is -0.681. The summed E-state index contributed by atoms with van der Waals surface area (Å²) in [5.41, 5.74) is 0.300. The molecule has 0 saturated carbocycles. The Bertz CT molecular complexity index is 1030. The van der Waals surface area contributed by atoms with Crippen LogP contribution in [0.5, 0.6) is 5.75 Å². The largest absolute Gasteiger partial charge is 0.497 e. The average Bonchev–Trinajstić information content (AvgIpc) is 2.77. The van der Waals surface area contributed by atoms with Gasteiger partial charge in [-0.1, -0.05) is 44.2 Å². The molecule has 0 unspecified atom stereocenters. The van der Waals surface area contributed by atoms with Gasteiger partial charge >= 0.3 is 5.97 Å². The van der Waals surface area contributed by atoms with Crippen molar-refractivity contribution in [2.75, 3.05) is 20.2 Å². The minimum absolute atomic E-state index is 0.0224. The fraction of sp³-hybridized carbons (Fsp3) is 0.519. The second kappa shape index (κ2) is 12.5. The Labute approximate surface area is 210 Å². The van der Waals surface area contributed by atoms with Crippen LogP contribution in [-0.4, -0.2) is 55.7 Å². The van der Waals surface area contributed by atoms with Crippen molar-refractivity contribution in [2.24, 2.45) is 11.8 Å². The van der Waals surface area contributed by atoms with E-state index in [2.05, 4.69) is 0 Å². The lowest BCUT2D eigenvalue weighted by Crippen LogP contribution is -2.43. The Morgan fingerprint density at radius 3 is 2.11 bits per heavy atom. The van der Waals surface area contributed by atoms with E-state index in [1.165, 1.54) is 23.5 Å². The van der Waals surface area contributed by atoms with Crippen molar-refractivity contribution in [1.82, 2.24) is 4.31 Å². The van der Waals surface area contributed by atoms with Gasteiger partial charge < -0.3 is 14.6 Å². The molecule has 0 heterocycles. The number of aliphatic hydroxyl groups is 1. The number of aliphatic hydroxyl groups excluding tert-OH is 1. The molecule has 0 aliphatic heterocycles. The van der Waals surface area contributed by atoms with E-state index < -0.39 is 33.6 Å². The second-order valence-corrected chi connectivity index (χ2v) is 12.1. The van der Waals surface area contributed by atoms with Gasteiger partial charge in [0.05, 0.1) is 24.5 Å². The van der Waals surface area contributed by atoms with Gasteiger partial charge in [0.1, 0.15) is 11.4 Å². The van der Waals surface area contributed by atoms with Gasteiger partial charge in [-0.25, -0.2) is 8.42 Å². The van der Waals surface area contributed by atoms with E-state index >= 15 is 0 Å². The lowest BCUT2D eigenvalue weighted by atomic mass is 9.90. The number of benzene rings is 2. The first kappa shape index (κ1) is 28.8. The lowest BCUT2D eigenvalue weighted by Gasteiger charge is -2.30. The smallest absolute Gasteiger partial charge is 0.306 e. The number of nitrogens with zero attached hydrogens (tertiary/aromatic N) is 1. The summed E-state index contributed by atoms with van der Waals surface area (Å²) in [7, 11) is -2.36. The van der Waals surface area contributed by atoms with Crippen molar-refractivity contribution in [3.63, 3.8) is 0 Å². The first-order valence-corrected chi connectivity index (χ1v) is 13.3. The zero-order valence-electron chi connectivity index (χ0n) is 21.6. The topological polar surface area (TPSA) is 93.1 Å². The van der Waals surface area contributed by atoms with E-state index in [1.807, 2.05) is 44.2 Å². The molecule has 0 saturated heterocycles. The zero-order chi connectivity index (χ0) is 26.2. The Hall–Kier alpha value is -2.42. The molecule has 0 aliphatic rings. The number of rotatable bonds is 12. The van der Waals surface area contributed by atoms with Crippen molar-refractivity contribution in [2.45, 2.75) is 64.1 Å². The molecule has 0 aliphatic carbocycles. The van der Waals surface area contributed by atoms with Gasteiger partial charge in [-0.3, -0.25) is 4.79 Å². The van der Waals surface area contributed by atoms with Crippen LogP contribution in [-0.2, 0) is 26.0 Å². The van der Waals surface area contributed by atoms with E-state index in [0.29, 0.717) is 12.2 Å². The van der Waals surface area contributed by atoms with Crippen LogP contribution in [0.15, 0.2) is 59.5 Å². The maximum atomic E-state index is 13.5. The van der Waals surface area contributed by atoms with Gasteiger partial charge in [0.15, 0.2) is 0 Å². The molecule has 8 heteroatoms. The van der Waals surface area contributed by atoms with Gasteiger partial charge in [-0.05, 0) is 62.9 Å². The molecule has 35 heavy (non-hydrogen) atoms. The zero-order valence-corrected chi connectivity index (χ0v) is 22.4. The number of methoxy groups -OCH3 is 1. The van der Waals surface area contributed by atoms with Crippen LogP contribution >= 0.6 is 0 Å². The monoisotopic (exact) mass is 505 g/mol. The summed E-state index contributed by atoms with van der Waals surface area (Å²) in [6.45, 7) is 9.32. The van der Waals surface area contributed by atoms with E-state index in [4.69, 9.17) is 9.47 Å². The Kier molecular flexibility index (Phi) is 10.3. The van der Waals surface area contributed by atoms with Gasteiger partial charge in [0.2, 0.25) is 10.0 Å². The van der Waals surface area contributed by atoms with Crippen LogP contribution in [0.3, 0.4) is 0 Å². The first-order valence-electron chi connectivity index (χ1n) is 11.9. The summed E-state index contributed by atoms with van der Waals surface area (Å²) < 4.78 is 38.9. The van der Waals surface area contributed by atoms with Gasteiger partial charge in [-0.2, -0.15) is 4.31 Å². The van der Waals surface area contributed by atoms with E-state index in [0.717, 1.165) is 5.56 Å². The van der Waals surface area contributed by atoms with Crippen LogP contribution in [0.25, 0.3) is 0 Å². The fourth-order valence-electron chi connectivity index (χ4n) is 3.79. The van der Waals surface area contributed by atoms with E-state index in [-0.39, 0.29) is 30.3 Å². The molecule has 7 nitrogen and oxygen atoms in total. The van der Waals surface area contributed by atoms with Crippen molar-refractivity contribution < 1.29 is 27.8 Å². The molecular weight excluding hydrogens is 466 g/mol. The molecule has 1 N–H and O–H groups in total. The van der Waals surface area contributed by atoms with Crippen molar-refractivity contribution in [1.29, 1.82) is 0 Å². The molecule has 0 radical (unpaired) electrons. The highest BCUT2D eigenvalue weighted by Gasteiger charge is 2.32. The number of ether oxygens (including phenoxy) is 2. The van der Waals surface area contributed by atoms with Crippen molar-refractivity contribution in [3.8, 4) is 5.75 Å². The molecule has 0 spiro atoms. The van der Waals surface area contributed by atoms with E-state index in [1.54, 1.807) is 32.9 Å². The minimum atomic E-state index is -3.88. The molecule has 2 aromatic carbocycles. The van der Waals surface area contributed by atoms with Crippen molar-refractivity contribution in [3.05, 3.63) is 60.2 Å². The van der Waals surface area contributed by atoms with Crippen molar-refractivity contribution >= 4 is 16.0 Å². The summed E-state index contributed by atoms with van der Waals surface area (Å²) in [5, 5.41) is 11.3. The fourth-order valence-corrected chi connectivity index (χ4v) is 5.41. The Morgan fingerprint density at radius 2 is 1.60 bits per heavy atom. The lowest BCUT2D eigenvalue weighted by molar-refractivity contribution is -0.157. The predicted molar refractivity (Wildman–Crippen MR) is 137 cm³/mol. The summed E-state index contributed by atoms with van der Waals surface area (Å²) in [4.78, 5) is 12.8. The molecular formula is C27H39NO6S. The normalized spacial score (nSPS) is 14.1. The Balaban J connectivity index is 2.31. The molecule has 194 valence electrons. The maximum Gasteiger partial charge on any atom is 0.306 e. The van der Waals surface area contributed by atoms with E-state index in [9.17, 15) is 18.3 Å². The predicted octanol–water partition coefficient (Wildman–Crippen LogP) is 4.29. The molecule has 2 rings (SSSR count). The number of carbonyl (C=O) groups is 1. The van der Waals surface area contributed by atoms with Crippen LogP contribution in [0.4, 0.5) is 0 Å². The molecule has 0 aromatic heterocycles. The standard InChI is InChI=1S/C27H39NO6S/c1-20(2)18-28(35(31,32)24-14-12-23(33-6)13-15-24)19-25(29)22(16-21-10-8-7-9-11-21)17-26(30)34-27(3,4)5/h7-15,20,22,25,29H,16-19H2,1-6H3/t22-,25-/m1/s1. The molecule has 0 bridgehead atoms. The third kappa shape index (κ3) is 9.28. The number of sulfonamides is 1. The highest BCUT2D eigenvalue weighted by molar-refractivity contribution is 7.89. The third-order valence-corrected chi connectivity index (χ3v) is 7.24. The summed E-state index contributed by atoms with van der Waals surface area (Å²) >= 11 is 0. The maximum absolute atomic E-state index is 13.5. The molecule has 2 aromatic rings. The molecule has 2 atom stereocenters. The van der Waals surface area contributed by atoms with Crippen LogP contribution in [0.1, 0.15) is 46.6 Å². The number of esters is 1. The highest BCUT2D eigenvalue weighted by atomic mass is 32.2. The number of hydrogen-bond donors (Lipinski definition) is 1. The summed E-state index contributed by atoms with van der Waals surface area (Å²) in [6, 6.07) is 15.7. The number of carbonyl (C=O) groups excluding carboxylic acids is 1. The second-order valence-electron chi connectivity index (χ2n) is 10.2. The summed E-state index contributed by atoms with van der Waals surface area (Å²) in [5.74, 6) is -0.354. The highest BCUT2D eigenvalue weighted by Crippen LogP contribution is 2.25. The molecule has 0 fully saturated rings. The van der Waals surface area contributed by atoms with Crippen LogP contribution in [0.2, 0.25) is 0 Å². The average molecular weight is 506 g/mol. The third-order valence-electron chi connectivity index (χ3n) is 5.39. The SMILES string of the molecule is COc1ccc(S(=O)(=O)N(CC(C)C)C[C@@H](O)[C@@H](CC(=O)OC(C)(C)C)Cc2ccccc2)cc1. The van der Waals surface area contributed by atoms with Crippen LogP contribution < -0.4 is 4.74 Å². The van der Waals surface area contributed by atoms with Gasteiger partial charge in [0.25, 0.3) is 0 Å². The minimum Gasteiger partial charge on any atom is -0.497 e. The number of hydrogen-bond acceptors (Lipinski definition) is 6. The molecule has 0 amide bonds. The quantitative estimate of drug-likeness (QED) is 0.433.